The van der Waals surface area contributed by atoms with Gasteiger partial charge in [0.05, 0.1) is 18.2 Å². The van der Waals surface area contributed by atoms with E-state index in [1.807, 2.05) is 18.2 Å². The molecule has 34 heavy (non-hydrogen) atoms. The van der Waals surface area contributed by atoms with Crippen LogP contribution in [0.4, 0.5) is 0 Å². The highest BCUT2D eigenvalue weighted by Gasteiger charge is 2.21. The number of hydrogen-bond donors (Lipinski definition) is 0. The molecule has 3 heterocycles. The van der Waals surface area contributed by atoms with Gasteiger partial charge in [0.2, 0.25) is 0 Å². The SMILES string of the molecule is CCOC(=O)c1sc2nc(C)n(N=Cc3ccc4c(c3)c3ccccc3n4CC)c(=O)c2c1C. The number of carbonyl (C=O) groups excluding carboxylic acids is 1. The normalized spacial score (nSPS) is 11.9. The molecule has 0 saturated carbocycles. The fourth-order valence-corrected chi connectivity index (χ4v) is 5.53. The maximum Gasteiger partial charge on any atom is 0.348 e. The van der Waals surface area contributed by atoms with Crippen LogP contribution in [0.3, 0.4) is 0 Å². The molecule has 8 heteroatoms. The van der Waals surface area contributed by atoms with Crippen molar-refractivity contribution >= 4 is 55.5 Å². The maximum absolute atomic E-state index is 13.3. The van der Waals surface area contributed by atoms with Gasteiger partial charge in [-0.2, -0.15) is 9.78 Å². The molecular weight excluding hydrogens is 448 g/mol. The van der Waals surface area contributed by atoms with E-state index < -0.39 is 5.97 Å². The standard InChI is InChI=1S/C26H24N4O3S/c1-5-29-20-10-8-7-9-18(20)19-13-17(11-12-21(19)29)14-27-30-16(4)28-24-22(25(30)31)15(3)23(34-24)26(32)33-6-2/h7-14H,5-6H2,1-4H3. The van der Waals surface area contributed by atoms with Crippen LogP contribution in [-0.2, 0) is 11.3 Å². The fraction of sp³-hybridized carbons (Fsp3) is 0.231. The van der Waals surface area contributed by atoms with Crippen LogP contribution in [-0.4, -0.2) is 33.0 Å². The number of thiophene rings is 1. The van der Waals surface area contributed by atoms with Gasteiger partial charge in [0.15, 0.2) is 0 Å². The third kappa shape index (κ3) is 3.42. The molecule has 0 atom stereocenters. The van der Waals surface area contributed by atoms with Crippen LogP contribution in [0.2, 0.25) is 0 Å². The third-order valence-electron chi connectivity index (χ3n) is 6.00. The van der Waals surface area contributed by atoms with Crippen LogP contribution in [0.1, 0.15) is 40.5 Å². The van der Waals surface area contributed by atoms with Crippen LogP contribution in [0, 0.1) is 13.8 Å². The molecule has 0 N–H and O–H groups in total. The first-order valence-electron chi connectivity index (χ1n) is 11.2. The number of ether oxygens (including phenoxy) is 1. The monoisotopic (exact) mass is 472 g/mol. The van der Waals surface area contributed by atoms with Crippen molar-refractivity contribution in [2.75, 3.05) is 6.61 Å². The van der Waals surface area contributed by atoms with Crippen molar-refractivity contribution < 1.29 is 9.53 Å². The van der Waals surface area contributed by atoms with E-state index >= 15 is 0 Å². The summed E-state index contributed by atoms with van der Waals surface area (Å²) in [5, 5.41) is 7.20. The zero-order valence-corrected chi connectivity index (χ0v) is 20.3. The molecule has 0 bridgehead atoms. The smallest absolute Gasteiger partial charge is 0.348 e. The van der Waals surface area contributed by atoms with E-state index in [-0.39, 0.29) is 12.2 Å². The van der Waals surface area contributed by atoms with Crippen LogP contribution >= 0.6 is 11.3 Å². The summed E-state index contributed by atoms with van der Waals surface area (Å²) in [6, 6.07) is 14.5. The van der Waals surface area contributed by atoms with Crippen molar-refractivity contribution in [1.29, 1.82) is 0 Å². The van der Waals surface area contributed by atoms with Crippen molar-refractivity contribution in [2.45, 2.75) is 34.2 Å². The van der Waals surface area contributed by atoms with Crippen LogP contribution in [0.25, 0.3) is 32.0 Å². The van der Waals surface area contributed by atoms with Gasteiger partial charge >= 0.3 is 5.97 Å². The quantitative estimate of drug-likeness (QED) is 0.258. The molecule has 5 aromatic rings. The van der Waals surface area contributed by atoms with Gasteiger partial charge in [-0.15, -0.1) is 11.3 Å². The van der Waals surface area contributed by atoms with E-state index in [0.717, 1.165) is 23.0 Å². The van der Waals surface area contributed by atoms with E-state index in [1.165, 1.54) is 26.9 Å². The Morgan fingerprint density at radius 3 is 2.65 bits per heavy atom. The molecule has 5 rings (SSSR count). The Bertz CT molecular complexity index is 1670. The lowest BCUT2D eigenvalue weighted by molar-refractivity contribution is 0.0531. The maximum atomic E-state index is 13.3. The number of benzene rings is 2. The van der Waals surface area contributed by atoms with Gasteiger partial charge in [-0.25, -0.2) is 9.78 Å². The minimum absolute atomic E-state index is 0.273. The molecule has 0 saturated heterocycles. The summed E-state index contributed by atoms with van der Waals surface area (Å²) in [5.74, 6) is 0.0173. The third-order valence-corrected chi connectivity index (χ3v) is 7.17. The molecule has 0 unspecified atom stereocenters. The number of aryl methyl sites for hydroxylation is 3. The second-order valence-corrected chi connectivity index (χ2v) is 9.01. The second-order valence-electron chi connectivity index (χ2n) is 8.02. The molecule has 0 spiro atoms. The van der Waals surface area contributed by atoms with Gasteiger partial charge in [0.1, 0.15) is 15.5 Å². The van der Waals surface area contributed by atoms with Crippen LogP contribution in [0.5, 0.6) is 0 Å². The lowest BCUT2D eigenvalue weighted by Gasteiger charge is -2.04. The Morgan fingerprint density at radius 1 is 1.12 bits per heavy atom. The average molecular weight is 473 g/mol. The molecule has 2 aromatic carbocycles. The van der Waals surface area contributed by atoms with E-state index in [9.17, 15) is 9.59 Å². The summed E-state index contributed by atoms with van der Waals surface area (Å²) >= 11 is 1.18. The predicted molar refractivity (Wildman–Crippen MR) is 137 cm³/mol. The minimum Gasteiger partial charge on any atom is -0.462 e. The molecular formula is C26H24N4O3S. The molecule has 0 amide bonds. The lowest BCUT2D eigenvalue weighted by atomic mass is 10.1. The second kappa shape index (κ2) is 8.53. The molecule has 0 aliphatic carbocycles. The number of fused-ring (bicyclic) bond motifs is 4. The molecule has 172 valence electrons. The summed E-state index contributed by atoms with van der Waals surface area (Å²) in [5.41, 5.74) is 3.52. The number of para-hydroxylation sites is 1. The Labute approximate surface area is 199 Å². The summed E-state index contributed by atoms with van der Waals surface area (Å²) in [6.45, 7) is 8.52. The number of rotatable bonds is 5. The molecule has 0 radical (unpaired) electrons. The van der Waals surface area contributed by atoms with Gasteiger partial charge in [-0.3, -0.25) is 4.79 Å². The van der Waals surface area contributed by atoms with Gasteiger partial charge < -0.3 is 9.30 Å². The van der Waals surface area contributed by atoms with Gasteiger partial charge in [-0.05, 0) is 57.0 Å². The average Bonchev–Trinajstić information content (AvgIpc) is 3.33. The van der Waals surface area contributed by atoms with E-state index in [2.05, 4.69) is 45.8 Å². The largest absolute Gasteiger partial charge is 0.462 e. The van der Waals surface area contributed by atoms with Crippen LogP contribution < -0.4 is 5.56 Å². The van der Waals surface area contributed by atoms with Gasteiger partial charge in [0.25, 0.3) is 5.56 Å². The Hall–Kier alpha value is -3.78. The lowest BCUT2D eigenvalue weighted by Crippen LogP contribution is -2.20. The van der Waals surface area contributed by atoms with E-state index in [4.69, 9.17) is 4.74 Å². The number of aromatic nitrogens is 3. The first kappa shape index (κ1) is 22.0. The zero-order chi connectivity index (χ0) is 24.0. The van der Waals surface area contributed by atoms with Crippen molar-refractivity contribution in [3.8, 4) is 0 Å². The highest BCUT2D eigenvalue weighted by atomic mass is 32.1. The van der Waals surface area contributed by atoms with Crippen molar-refractivity contribution in [3.63, 3.8) is 0 Å². The number of hydrogen-bond acceptors (Lipinski definition) is 6. The molecule has 3 aromatic heterocycles. The van der Waals surface area contributed by atoms with Gasteiger partial charge in [0, 0.05) is 28.4 Å². The minimum atomic E-state index is -0.436. The molecule has 0 aliphatic heterocycles. The van der Waals surface area contributed by atoms with Gasteiger partial charge in [-0.1, -0.05) is 24.3 Å². The number of carbonyl (C=O) groups is 1. The van der Waals surface area contributed by atoms with E-state index in [1.54, 1.807) is 27.0 Å². The first-order chi connectivity index (χ1) is 16.4. The Morgan fingerprint density at radius 2 is 1.88 bits per heavy atom. The van der Waals surface area contributed by atoms with Crippen molar-refractivity contribution in [3.05, 3.63) is 74.6 Å². The highest BCUT2D eigenvalue weighted by Crippen LogP contribution is 2.30. The number of nitrogens with zero attached hydrogens (tertiary/aromatic N) is 4. The predicted octanol–water partition coefficient (Wildman–Crippen LogP) is 5.26. The van der Waals surface area contributed by atoms with Crippen molar-refractivity contribution in [1.82, 2.24) is 14.2 Å². The molecule has 0 fully saturated rings. The first-order valence-corrected chi connectivity index (χ1v) is 12.0. The summed E-state index contributed by atoms with van der Waals surface area (Å²) < 4.78 is 8.70. The van der Waals surface area contributed by atoms with E-state index in [0.29, 0.717) is 26.5 Å². The highest BCUT2D eigenvalue weighted by molar-refractivity contribution is 7.20. The fourth-order valence-electron chi connectivity index (χ4n) is 4.42. The Kier molecular flexibility index (Phi) is 5.53. The molecule has 7 nitrogen and oxygen atoms in total. The summed E-state index contributed by atoms with van der Waals surface area (Å²) in [4.78, 5) is 31.0. The summed E-state index contributed by atoms with van der Waals surface area (Å²) in [7, 11) is 0. The van der Waals surface area contributed by atoms with Crippen molar-refractivity contribution in [2.24, 2.45) is 5.10 Å². The van der Waals surface area contributed by atoms with Crippen LogP contribution in [0.15, 0.2) is 52.4 Å². The summed E-state index contributed by atoms with van der Waals surface area (Å²) in [6.07, 6.45) is 1.67. The molecule has 0 aliphatic rings. The Balaban J connectivity index is 1.60. The number of esters is 1. The topological polar surface area (TPSA) is 78.5 Å². The zero-order valence-electron chi connectivity index (χ0n) is 19.5.